The summed E-state index contributed by atoms with van der Waals surface area (Å²) >= 11 is 1.56. The van der Waals surface area contributed by atoms with Gasteiger partial charge in [-0.1, -0.05) is 11.6 Å². The van der Waals surface area contributed by atoms with Crippen molar-refractivity contribution < 1.29 is 19.1 Å². The summed E-state index contributed by atoms with van der Waals surface area (Å²) < 4.78 is 12.2. The first-order chi connectivity index (χ1) is 12.7. The Hall–Kier alpha value is -2.22. The van der Waals surface area contributed by atoms with Gasteiger partial charge in [-0.15, -0.1) is 16.4 Å². The molecule has 2 heterocycles. The molecule has 2 aliphatic carbocycles. The standard InChI is InChI=1S/C18H21N3O4S/c1-24-17(22)12-10-21(20-19-12)13-6-2-3-7-14(13)25-18(23)16-9-11-5-4-8-15(11)26-16/h9-10,13-14H,2-8H2,1H3/t13-,14-/m0/s1. The summed E-state index contributed by atoms with van der Waals surface area (Å²) in [7, 11) is 1.31. The van der Waals surface area contributed by atoms with Gasteiger partial charge in [0.2, 0.25) is 0 Å². The van der Waals surface area contributed by atoms with E-state index in [2.05, 4.69) is 15.0 Å². The number of ether oxygens (including phenoxy) is 2. The van der Waals surface area contributed by atoms with Gasteiger partial charge in [0.25, 0.3) is 0 Å². The molecule has 0 amide bonds. The third-order valence-corrected chi connectivity index (χ3v) is 6.34. The summed E-state index contributed by atoms with van der Waals surface area (Å²) in [4.78, 5) is 26.2. The molecule has 1 saturated carbocycles. The fourth-order valence-electron chi connectivity index (χ4n) is 3.78. The van der Waals surface area contributed by atoms with Crippen LogP contribution in [0.2, 0.25) is 0 Å². The number of hydrogen-bond acceptors (Lipinski definition) is 7. The van der Waals surface area contributed by atoms with Gasteiger partial charge in [-0.2, -0.15) is 0 Å². The maximum Gasteiger partial charge on any atom is 0.360 e. The van der Waals surface area contributed by atoms with Gasteiger partial charge in [0.1, 0.15) is 11.0 Å². The highest BCUT2D eigenvalue weighted by atomic mass is 32.1. The molecule has 2 aromatic rings. The average molecular weight is 375 g/mol. The number of methoxy groups -OCH3 is 1. The number of hydrogen-bond donors (Lipinski definition) is 0. The molecule has 0 radical (unpaired) electrons. The van der Waals surface area contributed by atoms with Crippen molar-refractivity contribution in [2.75, 3.05) is 7.11 Å². The van der Waals surface area contributed by atoms with Crippen molar-refractivity contribution in [2.24, 2.45) is 0 Å². The molecule has 4 rings (SSSR count). The molecule has 0 aliphatic heterocycles. The lowest BCUT2D eigenvalue weighted by atomic mass is 9.92. The highest BCUT2D eigenvalue weighted by Gasteiger charge is 2.32. The summed E-state index contributed by atoms with van der Waals surface area (Å²) in [5.74, 6) is -0.775. The van der Waals surface area contributed by atoms with Crippen molar-refractivity contribution in [2.45, 2.75) is 57.1 Å². The maximum absolute atomic E-state index is 12.6. The van der Waals surface area contributed by atoms with Crippen LogP contribution in [0.5, 0.6) is 0 Å². The molecule has 8 heteroatoms. The lowest BCUT2D eigenvalue weighted by molar-refractivity contribution is 0.00223. The highest BCUT2D eigenvalue weighted by Crippen LogP contribution is 2.34. The number of carbonyl (C=O) groups excluding carboxylic acids is 2. The Balaban J connectivity index is 1.49. The second-order valence-electron chi connectivity index (χ2n) is 6.78. The molecule has 1 fully saturated rings. The molecule has 0 N–H and O–H groups in total. The monoisotopic (exact) mass is 375 g/mol. The lowest BCUT2D eigenvalue weighted by Gasteiger charge is -2.30. The van der Waals surface area contributed by atoms with Crippen LogP contribution in [0.3, 0.4) is 0 Å². The number of aromatic nitrogens is 3. The van der Waals surface area contributed by atoms with E-state index < -0.39 is 5.97 Å². The molecule has 2 aromatic heterocycles. The molecule has 26 heavy (non-hydrogen) atoms. The summed E-state index contributed by atoms with van der Waals surface area (Å²) in [6.45, 7) is 0. The fraction of sp³-hybridized carbons (Fsp3) is 0.556. The van der Waals surface area contributed by atoms with Crippen LogP contribution in [0.25, 0.3) is 0 Å². The SMILES string of the molecule is COC(=O)c1cn([C@H]2CCCC[C@@H]2OC(=O)c2cc3c(s2)CCC3)nn1. The van der Waals surface area contributed by atoms with E-state index in [0.29, 0.717) is 4.88 Å². The van der Waals surface area contributed by atoms with Crippen molar-refractivity contribution >= 4 is 23.3 Å². The minimum Gasteiger partial charge on any atom is -0.464 e. The van der Waals surface area contributed by atoms with Crippen molar-refractivity contribution in [3.63, 3.8) is 0 Å². The van der Waals surface area contributed by atoms with Gasteiger partial charge < -0.3 is 9.47 Å². The van der Waals surface area contributed by atoms with E-state index in [0.717, 1.165) is 38.5 Å². The smallest absolute Gasteiger partial charge is 0.360 e. The summed E-state index contributed by atoms with van der Waals surface area (Å²) in [6, 6.07) is 1.88. The number of thiophene rings is 1. The van der Waals surface area contributed by atoms with Gasteiger partial charge in [0, 0.05) is 4.88 Å². The molecular weight excluding hydrogens is 354 g/mol. The Bertz CT molecular complexity index is 807. The van der Waals surface area contributed by atoms with Gasteiger partial charge >= 0.3 is 11.9 Å². The van der Waals surface area contributed by atoms with E-state index in [-0.39, 0.29) is 23.8 Å². The van der Waals surface area contributed by atoms with Crippen molar-refractivity contribution in [1.29, 1.82) is 0 Å². The number of carbonyl (C=O) groups is 2. The van der Waals surface area contributed by atoms with E-state index in [9.17, 15) is 9.59 Å². The fourth-order valence-corrected chi connectivity index (χ4v) is 4.92. The first-order valence-corrected chi connectivity index (χ1v) is 9.80. The number of aryl methyl sites for hydroxylation is 2. The molecule has 0 bridgehead atoms. The van der Waals surface area contributed by atoms with Crippen LogP contribution >= 0.6 is 11.3 Å². The molecular formula is C18H21N3O4S. The quantitative estimate of drug-likeness (QED) is 0.764. The van der Waals surface area contributed by atoms with Gasteiger partial charge in [-0.25, -0.2) is 14.3 Å². The van der Waals surface area contributed by atoms with Crippen LogP contribution in [-0.2, 0) is 22.3 Å². The summed E-state index contributed by atoms with van der Waals surface area (Å²) in [5.41, 5.74) is 1.46. The zero-order valence-corrected chi connectivity index (χ0v) is 15.5. The molecule has 0 unspecified atom stereocenters. The third kappa shape index (κ3) is 3.25. The molecule has 2 atom stereocenters. The second-order valence-corrected chi connectivity index (χ2v) is 7.92. The van der Waals surface area contributed by atoms with Gasteiger partial charge in [-0.05, 0) is 50.2 Å². The molecule has 0 spiro atoms. The average Bonchev–Trinajstić information content (AvgIpc) is 3.37. The Morgan fingerprint density at radius 2 is 2.04 bits per heavy atom. The predicted octanol–water partition coefficient (Wildman–Crippen LogP) is 2.96. The largest absolute Gasteiger partial charge is 0.464 e. The Labute approximate surface area is 155 Å². The van der Waals surface area contributed by atoms with Crippen LogP contribution in [0.4, 0.5) is 0 Å². The Kier molecular flexibility index (Phi) is 4.76. The second kappa shape index (κ2) is 7.19. The topological polar surface area (TPSA) is 83.3 Å². The third-order valence-electron chi connectivity index (χ3n) is 5.12. The maximum atomic E-state index is 12.6. The van der Waals surface area contributed by atoms with Gasteiger partial charge in [0.05, 0.1) is 19.3 Å². The van der Waals surface area contributed by atoms with E-state index in [1.54, 1.807) is 22.2 Å². The number of nitrogens with zero attached hydrogens (tertiary/aromatic N) is 3. The normalized spacial score (nSPS) is 22.0. The number of fused-ring (bicyclic) bond motifs is 1. The zero-order chi connectivity index (χ0) is 18.1. The Morgan fingerprint density at radius 1 is 1.19 bits per heavy atom. The summed E-state index contributed by atoms with van der Waals surface area (Å²) in [5, 5.41) is 7.92. The zero-order valence-electron chi connectivity index (χ0n) is 14.6. The minimum absolute atomic E-state index is 0.106. The highest BCUT2D eigenvalue weighted by molar-refractivity contribution is 7.14. The number of rotatable bonds is 4. The van der Waals surface area contributed by atoms with Gasteiger partial charge in [0.15, 0.2) is 5.69 Å². The summed E-state index contributed by atoms with van der Waals surface area (Å²) in [6.07, 6.45) is 8.26. The van der Waals surface area contributed by atoms with E-state index in [1.807, 2.05) is 6.07 Å². The number of esters is 2. The first-order valence-electron chi connectivity index (χ1n) is 8.98. The minimum atomic E-state index is -0.520. The van der Waals surface area contributed by atoms with E-state index in [4.69, 9.17) is 4.74 Å². The van der Waals surface area contributed by atoms with E-state index in [1.165, 1.54) is 24.0 Å². The van der Waals surface area contributed by atoms with Crippen LogP contribution in [0, 0.1) is 0 Å². The van der Waals surface area contributed by atoms with Crippen LogP contribution < -0.4 is 0 Å². The Morgan fingerprint density at radius 3 is 2.85 bits per heavy atom. The van der Waals surface area contributed by atoms with Crippen LogP contribution in [0.1, 0.15) is 68.7 Å². The van der Waals surface area contributed by atoms with Gasteiger partial charge in [-0.3, -0.25) is 0 Å². The predicted molar refractivity (Wildman–Crippen MR) is 94.4 cm³/mol. The van der Waals surface area contributed by atoms with Crippen molar-refractivity contribution in [3.05, 3.63) is 33.3 Å². The van der Waals surface area contributed by atoms with Crippen LogP contribution in [0.15, 0.2) is 12.3 Å². The molecule has 0 aromatic carbocycles. The van der Waals surface area contributed by atoms with E-state index >= 15 is 0 Å². The molecule has 7 nitrogen and oxygen atoms in total. The van der Waals surface area contributed by atoms with Crippen LogP contribution in [-0.4, -0.2) is 40.1 Å². The first kappa shape index (κ1) is 17.2. The lowest BCUT2D eigenvalue weighted by Crippen LogP contribution is -2.32. The molecule has 2 aliphatic rings. The van der Waals surface area contributed by atoms with Crippen molar-refractivity contribution in [1.82, 2.24) is 15.0 Å². The van der Waals surface area contributed by atoms with Crippen molar-refractivity contribution in [3.8, 4) is 0 Å². The molecule has 138 valence electrons. The molecule has 0 saturated heterocycles.